The van der Waals surface area contributed by atoms with E-state index in [4.69, 9.17) is 4.74 Å². The summed E-state index contributed by atoms with van der Waals surface area (Å²) in [6, 6.07) is 0. The van der Waals surface area contributed by atoms with Gasteiger partial charge in [0.05, 0.1) is 25.5 Å². The van der Waals surface area contributed by atoms with Crippen LogP contribution in [0.25, 0.3) is 0 Å². The van der Waals surface area contributed by atoms with Gasteiger partial charge in [-0.05, 0) is 0 Å². The second kappa shape index (κ2) is 6.33. The van der Waals surface area contributed by atoms with Gasteiger partial charge in [0.1, 0.15) is 4.21 Å². The monoisotopic (exact) mass is 263 g/mol. The highest BCUT2D eigenvalue weighted by Crippen LogP contribution is 2.32. The molecule has 0 radical (unpaired) electrons. The Morgan fingerprint density at radius 1 is 1.44 bits per heavy atom. The fourth-order valence-corrected chi connectivity index (χ4v) is 2.30. The van der Waals surface area contributed by atoms with E-state index >= 15 is 0 Å². The van der Waals surface area contributed by atoms with Gasteiger partial charge in [0.25, 0.3) is 5.88 Å². The smallest absolute Gasteiger partial charge is 0.468 e. The average Bonchev–Trinajstić information content (AvgIpc) is 2.73. The van der Waals surface area contributed by atoms with E-state index in [1.807, 2.05) is 0 Å². The molecule has 6 nitrogen and oxygen atoms in total. The Morgan fingerprint density at radius 3 is 2.81 bits per heavy atom. The van der Waals surface area contributed by atoms with Gasteiger partial charge in [-0.2, -0.15) is 0 Å². The van der Waals surface area contributed by atoms with Crippen LogP contribution in [0.2, 0.25) is 0 Å². The molecule has 0 aliphatic heterocycles. The number of methoxy groups -OCH3 is 2. The minimum absolute atomic E-state index is 0.135. The van der Waals surface area contributed by atoms with Gasteiger partial charge in [-0.25, -0.2) is 9.78 Å². The second-order valence-corrected chi connectivity index (χ2v) is 4.46. The third kappa shape index (κ3) is 3.70. The normalized spacial score (nSPS) is 9.62. The van der Waals surface area contributed by atoms with Gasteiger partial charge >= 0.3 is 12.1 Å². The molecule has 0 aromatic carbocycles. The number of esters is 1. The highest BCUT2D eigenvalue weighted by Gasteiger charge is 2.14. The lowest BCUT2D eigenvalue weighted by Crippen LogP contribution is -2.08. The Kier molecular flexibility index (Phi) is 5.06. The molecular formula is C8H9NO5S2. The summed E-state index contributed by atoms with van der Waals surface area (Å²) >= 11 is 2.45. The van der Waals surface area contributed by atoms with Crippen LogP contribution in [0.3, 0.4) is 0 Å². The lowest BCUT2D eigenvalue weighted by atomic mass is 10.8. The predicted octanol–water partition coefficient (Wildman–Crippen LogP) is 1.55. The lowest BCUT2D eigenvalue weighted by molar-refractivity contribution is -0.137. The number of thioether (sulfide) groups is 1. The van der Waals surface area contributed by atoms with Gasteiger partial charge in [0, 0.05) is 0 Å². The first-order chi connectivity index (χ1) is 7.67. The van der Waals surface area contributed by atoms with E-state index in [1.165, 1.54) is 42.8 Å². The quantitative estimate of drug-likeness (QED) is 0.602. The Hall–Kier alpha value is -1.28. The van der Waals surface area contributed by atoms with E-state index in [-0.39, 0.29) is 17.6 Å². The fraction of sp³-hybridized carbons (Fsp3) is 0.375. The molecule has 1 aromatic heterocycles. The Morgan fingerprint density at radius 2 is 2.19 bits per heavy atom. The van der Waals surface area contributed by atoms with E-state index in [1.54, 1.807) is 0 Å². The summed E-state index contributed by atoms with van der Waals surface area (Å²) in [5.41, 5.74) is 1.51. The van der Waals surface area contributed by atoms with E-state index in [0.29, 0.717) is 4.21 Å². The Balaban J connectivity index is 2.56. The molecule has 0 fully saturated rings. The zero-order chi connectivity index (χ0) is 12.0. The molecule has 0 N–H and O–H groups in total. The molecule has 0 saturated heterocycles. The first kappa shape index (κ1) is 12.8. The van der Waals surface area contributed by atoms with Crippen LogP contribution in [0.4, 0.5) is 4.79 Å². The van der Waals surface area contributed by atoms with Crippen molar-refractivity contribution >= 4 is 35.2 Å². The maximum absolute atomic E-state index is 10.9. The largest absolute Gasteiger partial charge is 0.514 e. The van der Waals surface area contributed by atoms with Gasteiger partial charge in [0.2, 0.25) is 0 Å². The molecule has 8 heteroatoms. The molecule has 16 heavy (non-hydrogen) atoms. The maximum Gasteiger partial charge on any atom is 0.514 e. The van der Waals surface area contributed by atoms with Crippen molar-refractivity contribution in [3.63, 3.8) is 0 Å². The number of rotatable bonds is 4. The number of hydrogen-bond donors (Lipinski definition) is 0. The summed E-state index contributed by atoms with van der Waals surface area (Å²) in [6.45, 7) is 0. The summed E-state index contributed by atoms with van der Waals surface area (Å²) in [4.78, 5) is 25.6. The molecule has 0 unspecified atom stereocenters. The zero-order valence-corrected chi connectivity index (χ0v) is 10.2. The van der Waals surface area contributed by atoms with Crippen molar-refractivity contribution < 1.29 is 23.8 Å². The molecule has 0 amide bonds. The molecule has 0 saturated carbocycles. The van der Waals surface area contributed by atoms with E-state index in [0.717, 1.165) is 0 Å². The highest BCUT2D eigenvalue weighted by molar-refractivity contribution is 8.01. The minimum atomic E-state index is -0.842. The molecular weight excluding hydrogens is 254 g/mol. The molecule has 1 rings (SSSR count). The molecule has 0 bridgehead atoms. The van der Waals surface area contributed by atoms with E-state index in [2.05, 4.69) is 14.5 Å². The molecule has 0 atom stereocenters. The topological polar surface area (TPSA) is 74.7 Å². The Labute approximate surface area is 99.9 Å². The lowest BCUT2D eigenvalue weighted by Gasteiger charge is -2.01. The van der Waals surface area contributed by atoms with Crippen molar-refractivity contribution in [2.45, 2.75) is 4.21 Å². The van der Waals surface area contributed by atoms with Crippen molar-refractivity contribution in [1.29, 1.82) is 0 Å². The van der Waals surface area contributed by atoms with Crippen molar-refractivity contribution in [3.05, 3.63) is 5.51 Å². The standard InChI is InChI=1S/C8H9NO5S2/c1-12-5(10)3-15-7-6(9-4-16-7)14-8(11)13-2/h4H,3H2,1-2H3. The van der Waals surface area contributed by atoms with Crippen LogP contribution in [0.1, 0.15) is 0 Å². The first-order valence-electron chi connectivity index (χ1n) is 4.06. The molecule has 1 aromatic rings. The Bertz CT molecular complexity index is 378. The van der Waals surface area contributed by atoms with E-state index in [9.17, 15) is 9.59 Å². The van der Waals surface area contributed by atoms with Crippen LogP contribution >= 0.6 is 23.1 Å². The number of nitrogens with zero attached hydrogens (tertiary/aromatic N) is 1. The summed E-state index contributed by atoms with van der Waals surface area (Å²) in [5.74, 6) is -0.0795. The minimum Gasteiger partial charge on any atom is -0.468 e. The fourth-order valence-electron chi connectivity index (χ4n) is 0.693. The van der Waals surface area contributed by atoms with Crippen molar-refractivity contribution in [2.75, 3.05) is 20.0 Å². The zero-order valence-electron chi connectivity index (χ0n) is 8.59. The number of carbonyl (C=O) groups is 2. The number of ether oxygens (including phenoxy) is 3. The summed E-state index contributed by atoms with van der Waals surface area (Å²) in [5, 5.41) is 0. The molecule has 0 aliphatic rings. The number of carbonyl (C=O) groups excluding carboxylic acids is 2. The molecule has 0 spiro atoms. The second-order valence-electron chi connectivity index (χ2n) is 2.37. The number of aromatic nitrogens is 1. The number of thiazole rings is 1. The van der Waals surface area contributed by atoms with Gasteiger partial charge in [-0.3, -0.25) is 4.79 Å². The molecule has 1 heterocycles. The van der Waals surface area contributed by atoms with Crippen LogP contribution < -0.4 is 4.74 Å². The van der Waals surface area contributed by atoms with Crippen LogP contribution in [0.5, 0.6) is 5.88 Å². The van der Waals surface area contributed by atoms with E-state index < -0.39 is 6.16 Å². The first-order valence-corrected chi connectivity index (χ1v) is 5.92. The summed E-state index contributed by atoms with van der Waals surface area (Å²) < 4.78 is 14.2. The van der Waals surface area contributed by atoms with Crippen molar-refractivity contribution in [3.8, 4) is 5.88 Å². The SMILES string of the molecule is COC(=O)CSc1scnc1OC(=O)OC. The third-order valence-electron chi connectivity index (χ3n) is 1.40. The third-order valence-corrected chi connectivity index (χ3v) is 3.46. The van der Waals surface area contributed by atoms with Gasteiger partial charge in [-0.1, -0.05) is 11.8 Å². The van der Waals surface area contributed by atoms with Gasteiger partial charge in [0.15, 0.2) is 0 Å². The van der Waals surface area contributed by atoms with Crippen molar-refractivity contribution in [1.82, 2.24) is 4.98 Å². The van der Waals surface area contributed by atoms with Crippen LogP contribution in [-0.2, 0) is 14.3 Å². The highest BCUT2D eigenvalue weighted by atomic mass is 32.2. The predicted molar refractivity (Wildman–Crippen MR) is 57.9 cm³/mol. The van der Waals surface area contributed by atoms with Crippen LogP contribution in [0, 0.1) is 0 Å². The van der Waals surface area contributed by atoms with Gasteiger partial charge < -0.3 is 14.2 Å². The number of hydrogen-bond acceptors (Lipinski definition) is 8. The van der Waals surface area contributed by atoms with Crippen LogP contribution in [0.15, 0.2) is 9.72 Å². The maximum atomic E-state index is 10.9. The molecule has 88 valence electrons. The van der Waals surface area contributed by atoms with Crippen LogP contribution in [-0.4, -0.2) is 37.1 Å². The molecule has 0 aliphatic carbocycles. The average molecular weight is 263 g/mol. The van der Waals surface area contributed by atoms with Gasteiger partial charge in [-0.15, -0.1) is 11.3 Å². The summed E-state index contributed by atoms with van der Waals surface area (Å²) in [6.07, 6.45) is -0.842. The van der Waals surface area contributed by atoms with Crippen molar-refractivity contribution in [2.24, 2.45) is 0 Å². The summed E-state index contributed by atoms with van der Waals surface area (Å²) in [7, 11) is 2.51.